The largest absolute Gasteiger partial charge is 0.435 e. The van der Waals surface area contributed by atoms with E-state index in [2.05, 4.69) is 36.2 Å². The zero-order valence-electron chi connectivity index (χ0n) is 30.9. The Hall–Kier alpha value is -6.80. The number of carbonyl (C=O) groups excluding carboxylic acids is 2. The Morgan fingerprint density at radius 1 is 0.862 bits per heavy atom. The maximum absolute atomic E-state index is 14.1. The summed E-state index contributed by atoms with van der Waals surface area (Å²) in [6.45, 7) is 1.44. The van der Waals surface area contributed by atoms with Gasteiger partial charge in [0, 0.05) is 43.4 Å². The number of halogens is 3. The molecule has 2 saturated heterocycles. The first kappa shape index (κ1) is 39.4. The molecule has 4 aromatic carbocycles. The number of nitrogens with one attached hydrogen (secondary N) is 4. The number of hydrogen-bond donors (Lipinski definition) is 4. The molecular formula is C42H38F3N9O4. The lowest BCUT2D eigenvalue weighted by molar-refractivity contribution is -0.0498. The molecule has 2 atom stereocenters. The Kier molecular flexibility index (Phi) is 12.5. The Morgan fingerprint density at radius 2 is 1.57 bits per heavy atom. The lowest BCUT2D eigenvalue weighted by atomic mass is 9.98. The van der Waals surface area contributed by atoms with Crippen molar-refractivity contribution in [2.45, 2.75) is 25.1 Å². The standard InChI is InChI=1S/C21H20F2N4O2.C21H18FN5O2/c22-21(23)29-18-7-5-17(6-8-18)27-12-10-19(26-27)20(28)25-16-3-1-14(2-4-16)15-9-11-24-13-15;22-18-9-14(10-23)1-6-19(18)27-13-16(11-25-27)21(28)26-17-4-2-15(3-5-17)20-12-24-7-8-29-20/h1-8,10,12,15,21,24H,9,11,13H2,(H,25,28);1-6,9,11,13,20,24H,7-8,12H2,(H,26,28)/t;20-/m.0/s1. The molecule has 16 heteroatoms. The minimum atomic E-state index is -2.87. The molecule has 0 saturated carbocycles. The molecular weight excluding hydrogens is 752 g/mol. The Morgan fingerprint density at radius 3 is 2.21 bits per heavy atom. The highest BCUT2D eigenvalue weighted by Gasteiger charge is 2.18. The third-order valence-electron chi connectivity index (χ3n) is 9.48. The van der Waals surface area contributed by atoms with Gasteiger partial charge in [0.2, 0.25) is 0 Å². The fourth-order valence-corrected chi connectivity index (χ4v) is 6.44. The second-order valence-electron chi connectivity index (χ2n) is 13.4. The van der Waals surface area contributed by atoms with Gasteiger partial charge in [0.15, 0.2) is 5.69 Å². The number of aromatic nitrogens is 4. The number of amides is 2. The molecule has 2 fully saturated rings. The van der Waals surface area contributed by atoms with E-state index in [-0.39, 0.29) is 46.2 Å². The van der Waals surface area contributed by atoms with E-state index >= 15 is 0 Å². The van der Waals surface area contributed by atoms with Gasteiger partial charge in [-0.05, 0) is 103 Å². The molecule has 4 N–H and O–H groups in total. The van der Waals surface area contributed by atoms with E-state index < -0.39 is 12.4 Å². The van der Waals surface area contributed by atoms with Crippen molar-refractivity contribution in [3.8, 4) is 23.2 Å². The molecule has 1 unspecified atom stereocenters. The number of alkyl halides is 2. The molecule has 8 rings (SSSR count). The normalized spacial score (nSPS) is 16.2. The van der Waals surface area contributed by atoms with Crippen LogP contribution in [0.15, 0.2) is 116 Å². The maximum Gasteiger partial charge on any atom is 0.387 e. The summed E-state index contributed by atoms with van der Waals surface area (Å²) in [6.07, 6.45) is 5.57. The van der Waals surface area contributed by atoms with Crippen molar-refractivity contribution in [1.29, 1.82) is 5.26 Å². The van der Waals surface area contributed by atoms with Crippen LogP contribution in [0.1, 0.15) is 56.0 Å². The monoisotopic (exact) mass is 789 g/mol. The number of morpholine rings is 1. The molecule has 2 aliphatic rings. The van der Waals surface area contributed by atoms with Crippen LogP contribution in [0.5, 0.6) is 5.75 Å². The molecule has 2 amide bonds. The van der Waals surface area contributed by atoms with E-state index in [4.69, 9.17) is 10.00 Å². The van der Waals surface area contributed by atoms with Gasteiger partial charge >= 0.3 is 6.61 Å². The van der Waals surface area contributed by atoms with E-state index in [0.29, 0.717) is 29.6 Å². The van der Waals surface area contributed by atoms with E-state index in [9.17, 15) is 22.8 Å². The molecule has 0 radical (unpaired) electrons. The van der Waals surface area contributed by atoms with Crippen LogP contribution in [-0.4, -0.2) is 70.8 Å². The van der Waals surface area contributed by atoms with Crippen LogP contribution in [0, 0.1) is 17.1 Å². The quantitative estimate of drug-likeness (QED) is 0.120. The summed E-state index contributed by atoms with van der Waals surface area (Å²) in [5.74, 6) is -0.682. The number of hydrogen-bond acceptors (Lipinski definition) is 9. The number of ether oxygens (including phenoxy) is 2. The van der Waals surface area contributed by atoms with E-state index in [0.717, 1.165) is 44.2 Å². The van der Waals surface area contributed by atoms with Gasteiger partial charge in [0.1, 0.15) is 17.3 Å². The lowest BCUT2D eigenvalue weighted by Crippen LogP contribution is -2.33. The first-order chi connectivity index (χ1) is 28.2. The summed E-state index contributed by atoms with van der Waals surface area (Å²) >= 11 is 0. The highest BCUT2D eigenvalue weighted by molar-refractivity contribution is 6.04. The summed E-state index contributed by atoms with van der Waals surface area (Å²) < 4.78 is 51.4. The molecule has 0 bridgehead atoms. The van der Waals surface area contributed by atoms with Crippen molar-refractivity contribution in [1.82, 2.24) is 30.2 Å². The molecule has 2 aliphatic heterocycles. The van der Waals surface area contributed by atoms with Gasteiger partial charge in [0.25, 0.3) is 11.8 Å². The topological polar surface area (TPSA) is 160 Å². The van der Waals surface area contributed by atoms with Crippen LogP contribution < -0.4 is 26.0 Å². The average molecular weight is 790 g/mol. The molecule has 0 aliphatic carbocycles. The molecule has 6 aromatic rings. The number of rotatable bonds is 10. The first-order valence-corrected chi connectivity index (χ1v) is 18.4. The van der Waals surface area contributed by atoms with Crippen molar-refractivity contribution < 1.29 is 32.2 Å². The van der Waals surface area contributed by atoms with Gasteiger partial charge in [-0.2, -0.15) is 24.2 Å². The molecule has 0 spiro atoms. The van der Waals surface area contributed by atoms with Gasteiger partial charge in [-0.3, -0.25) is 9.59 Å². The van der Waals surface area contributed by atoms with Crippen LogP contribution in [0.4, 0.5) is 24.5 Å². The minimum Gasteiger partial charge on any atom is -0.435 e. The SMILES string of the molecule is N#Cc1ccc(-n2cc(C(=O)Nc3ccc([C@@H]4CNCCO4)cc3)cn2)c(F)c1.O=C(Nc1ccc(C2CCNC2)cc1)c1ccn(-c2ccc(OC(F)F)cc2)n1. The van der Waals surface area contributed by atoms with E-state index in [1.54, 1.807) is 24.4 Å². The Labute approximate surface area is 331 Å². The van der Waals surface area contributed by atoms with Crippen LogP contribution in [0.2, 0.25) is 0 Å². The summed E-state index contributed by atoms with van der Waals surface area (Å²) in [5, 5.41) is 29.4. The van der Waals surface area contributed by atoms with Crippen molar-refractivity contribution in [2.75, 3.05) is 43.4 Å². The molecule has 4 heterocycles. The molecule has 2 aromatic heterocycles. The van der Waals surface area contributed by atoms with Gasteiger partial charge < -0.3 is 30.7 Å². The van der Waals surface area contributed by atoms with Gasteiger partial charge in [-0.15, -0.1) is 0 Å². The number of nitrogens with zero attached hydrogens (tertiary/aromatic N) is 5. The van der Waals surface area contributed by atoms with Gasteiger partial charge in [0.05, 0.1) is 41.8 Å². The lowest BCUT2D eigenvalue weighted by Gasteiger charge is -2.24. The number of nitriles is 1. The highest BCUT2D eigenvalue weighted by atomic mass is 19.3. The highest BCUT2D eigenvalue weighted by Crippen LogP contribution is 2.25. The molecule has 13 nitrogen and oxygen atoms in total. The third kappa shape index (κ3) is 9.95. The van der Waals surface area contributed by atoms with Crippen LogP contribution in [0.25, 0.3) is 11.4 Å². The third-order valence-corrected chi connectivity index (χ3v) is 9.48. The second-order valence-corrected chi connectivity index (χ2v) is 13.4. The summed E-state index contributed by atoms with van der Waals surface area (Å²) in [5.41, 5.74) is 5.19. The first-order valence-electron chi connectivity index (χ1n) is 18.4. The fraction of sp³-hybridized carbons (Fsp3) is 0.214. The van der Waals surface area contributed by atoms with Crippen LogP contribution >= 0.6 is 0 Å². The summed E-state index contributed by atoms with van der Waals surface area (Å²) in [7, 11) is 0. The molecule has 58 heavy (non-hydrogen) atoms. The predicted molar refractivity (Wildman–Crippen MR) is 209 cm³/mol. The van der Waals surface area contributed by atoms with Crippen molar-refractivity contribution >= 4 is 23.2 Å². The fourth-order valence-electron chi connectivity index (χ4n) is 6.44. The zero-order valence-corrected chi connectivity index (χ0v) is 30.9. The summed E-state index contributed by atoms with van der Waals surface area (Å²) in [4.78, 5) is 25.0. The van der Waals surface area contributed by atoms with Crippen molar-refractivity contribution in [3.05, 3.63) is 149 Å². The number of carbonyl (C=O) groups is 2. The Bertz CT molecular complexity index is 2370. The van der Waals surface area contributed by atoms with Crippen LogP contribution in [-0.2, 0) is 4.74 Å². The van der Waals surface area contributed by atoms with E-state index in [1.807, 2.05) is 54.6 Å². The number of benzene rings is 4. The minimum absolute atomic E-state index is 0.00838. The Balaban J connectivity index is 0.000000177. The average Bonchev–Trinajstić information content (AvgIpc) is 4.06. The zero-order chi connectivity index (χ0) is 40.4. The van der Waals surface area contributed by atoms with Crippen LogP contribution in [0.3, 0.4) is 0 Å². The van der Waals surface area contributed by atoms with Gasteiger partial charge in [-0.25, -0.2) is 13.8 Å². The van der Waals surface area contributed by atoms with Crippen molar-refractivity contribution in [3.63, 3.8) is 0 Å². The van der Waals surface area contributed by atoms with Crippen molar-refractivity contribution in [2.24, 2.45) is 0 Å². The van der Waals surface area contributed by atoms with Gasteiger partial charge in [-0.1, -0.05) is 24.3 Å². The maximum atomic E-state index is 14.1. The predicted octanol–water partition coefficient (Wildman–Crippen LogP) is 6.60. The smallest absolute Gasteiger partial charge is 0.387 e. The second kappa shape index (κ2) is 18.4. The summed E-state index contributed by atoms with van der Waals surface area (Å²) in [6, 6.07) is 28.9. The molecule has 296 valence electrons. The number of anilines is 2. The van der Waals surface area contributed by atoms with E-state index in [1.165, 1.54) is 51.6 Å².